The molecule has 0 radical (unpaired) electrons. The van der Waals surface area contributed by atoms with Gasteiger partial charge < -0.3 is 10.6 Å². The number of carbonyl (C=O) groups is 2. The van der Waals surface area contributed by atoms with E-state index in [1.54, 1.807) is 33.9 Å². The molecule has 1 fully saturated rings. The number of aromatic nitrogens is 5. The Morgan fingerprint density at radius 1 is 1.27 bits per heavy atom. The zero-order chi connectivity index (χ0) is 23.6. The van der Waals surface area contributed by atoms with Gasteiger partial charge in [-0.2, -0.15) is 10.2 Å². The summed E-state index contributed by atoms with van der Waals surface area (Å²) in [5.74, 6) is -2.99. The van der Waals surface area contributed by atoms with Crippen molar-refractivity contribution in [1.82, 2.24) is 35.0 Å². The molecule has 1 aliphatic carbocycles. The number of halogens is 2. The SMILES string of the molecule is CC(C)n1nccc1C(=O)NCc1cn2ncc(SCNC(=O)CC3CC(F)(F)C3)cc2n1. The standard InChI is InChI=1S/C21H25F2N7O2S/c1-13(2)30-17(3-4-26-30)20(32)24-9-15-11-29-18(28-15)6-16(10-27-29)33-12-25-19(31)5-14-7-21(22,23)8-14/h3-4,6,10-11,13-14H,5,7-9,12H2,1-2H3,(H,24,32)(H,25,31). The van der Waals surface area contributed by atoms with E-state index in [2.05, 4.69) is 25.8 Å². The van der Waals surface area contributed by atoms with E-state index in [4.69, 9.17) is 0 Å². The molecule has 0 atom stereocenters. The minimum absolute atomic E-state index is 0.0730. The molecular weight excluding hydrogens is 452 g/mol. The number of hydrogen-bond donors (Lipinski definition) is 2. The first-order valence-corrected chi connectivity index (χ1v) is 11.6. The quantitative estimate of drug-likeness (QED) is 0.363. The Balaban J connectivity index is 1.27. The third-order valence-corrected chi connectivity index (χ3v) is 6.17. The summed E-state index contributed by atoms with van der Waals surface area (Å²) in [7, 11) is 0. The summed E-state index contributed by atoms with van der Waals surface area (Å²) in [6, 6.07) is 3.57. The third kappa shape index (κ3) is 5.67. The van der Waals surface area contributed by atoms with E-state index in [9.17, 15) is 18.4 Å². The van der Waals surface area contributed by atoms with Crippen LogP contribution in [0.1, 0.15) is 55.3 Å². The first-order valence-electron chi connectivity index (χ1n) is 10.6. The van der Waals surface area contributed by atoms with Crippen molar-refractivity contribution in [2.24, 2.45) is 5.92 Å². The summed E-state index contributed by atoms with van der Waals surface area (Å²) in [6.07, 6.45) is 4.69. The number of fused-ring (bicyclic) bond motifs is 1. The maximum absolute atomic E-state index is 12.9. The molecule has 0 bridgehead atoms. The predicted octanol–water partition coefficient (Wildman–Crippen LogP) is 3.04. The normalized spacial score (nSPS) is 15.5. The molecule has 4 rings (SSSR count). The second-order valence-corrected chi connectivity index (χ2v) is 9.44. The molecule has 0 unspecified atom stereocenters. The van der Waals surface area contributed by atoms with Gasteiger partial charge >= 0.3 is 0 Å². The van der Waals surface area contributed by atoms with Crippen LogP contribution in [0.2, 0.25) is 0 Å². The van der Waals surface area contributed by atoms with Crippen LogP contribution < -0.4 is 10.6 Å². The van der Waals surface area contributed by atoms with Gasteiger partial charge in [0.25, 0.3) is 5.91 Å². The molecule has 0 spiro atoms. The van der Waals surface area contributed by atoms with Gasteiger partial charge in [0.05, 0.1) is 30.5 Å². The largest absolute Gasteiger partial charge is 0.347 e. The summed E-state index contributed by atoms with van der Waals surface area (Å²) in [6.45, 7) is 4.15. The van der Waals surface area contributed by atoms with Gasteiger partial charge in [-0.15, -0.1) is 11.8 Å². The number of hydrogen-bond acceptors (Lipinski definition) is 6. The van der Waals surface area contributed by atoms with Crippen molar-refractivity contribution in [2.45, 2.75) is 56.5 Å². The Morgan fingerprint density at radius 3 is 2.79 bits per heavy atom. The fourth-order valence-corrected chi connectivity index (χ4v) is 4.41. The van der Waals surface area contributed by atoms with Gasteiger partial charge in [-0.05, 0) is 31.9 Å². The molecular formula is C21H25F2N7O2S. The molecule has 0 aromatic carbocycles. The number of alkyl halides is 2. The summed E-state index contributed by atoms with van der Waals surface area (Å²) < 4.78 is 29.0. The van der Waals surface area contributed by atoms with E-state index in [0.717, 1.165) is 4.90 Å². The number of rotatable bonds is 9. The average molecular weight is 478 g/mol. The van der Waals surface area contributed by atoms with Crippen LogP contribution in [-0.4, -0.2) is 48.0 Å². The number of amides is 2. The maximum atomic E-state index is 12.9. The lowest BCUT2D eigenvalue weighted by atomic mass is 9.79. The first kappa shape index (κ1) is 23.1. The van der Waals surface area contributed by atoms with Crippen LogP contribution >= 0.6 is 11.8 Å². The van der Waals surface area contributed by atoms with Gasteiger partial charge in [0.2, 0.25) is 11.8 Å². The minimum atomic E-state index is -2.61. The topological polar surface area (TPSA) is 106 Å². The van der Waals surface area contributed by atoms with Crippen LogP contribution in [0.4, 0.5) is 8.78 Å². The van der Waals surface area contributed by atoms with Crippen molar-refractivity contribution in [1.29, 1.82) is 0 Å². The predicted molar refractivity (Wildman–Crippen MR) is 118 cm³/mol. The average Bonchev–Trinajstić information content (AvgIpc) is 3.37. The Morgan fingerprint density at radius 2 is 2.06 bits per heavy atom. The lowest BCUT2D eigenvalue weighted by Crippen LogP contribution is -2.38. The second-order valence-electron chi connectivity index (χ2n) is 8.39. The fraction of sp³-hybridized carbons (Fsp3) is 0.476. The molecule has 3 heterocycles. The lowest BCUT2D eigenvalue weighted by molar-refractivity contribution is -0.133. The minimum Gasteiger partial charge on any atom is -0.347 e. The Bertz CT molecular complexity index is 1150. The summed E-state index contributed by atoms with van der Waals surface area (Å²) in [5, 5.41) is 14.1. The molecule has 1 saturated carbocycles. The molecule has 12 heteroatoms. The second kappa shape index (κ2) is 9.46. The lowest BCUT2D eigenvalue weighted by Gasteiger charge is -2.34. The van der Waals surface area contributed by atoms with Gasteiger partial charge in [-0.25, -0.2) is 18.3 Å². The number of carbonyl (C=O) groups excluding carboxylic acids is 2. The van der Waals surface area contributed by atoms with Crippen molar-refractivity contribution in [3.05, 3.63) is 42.1 Å². The summed E-state index contributed by atoms with van der Waals surface area (Å²) in [4.78, 5) is 29.7. The van der Waals surface area contributed by atoms with E-state index in [0.29, 0.717) is 22.9 Å². The first-order chi connectivity index (χ1) is 15.7. The molecule has 2 N–H and O–H groups in total. The van der Waals surface area contributed by atoms with Crippen molar-refractivity contribution >= 4 is 29.2 Å². The highest BCUT2D eigenvalue weighted by Crippen LogP contribution is 2.43. The van der Waals surface area contributed by atoms with Gasteiger partial charge in [-0.3, -0.25) is 14.3 Å². The Hall–Kier alpha value is -3.02. The zero-order valence-electron chi connectivity index (χ0n) is 18.3. The van der Waals surface area contributed by atoms with Crippen molar-refractivity contribution < 1.29 is 18.4 Å². The van der Waals surface area contributed by atoms with E-state index >= 15 is 0 Å². The van der Waals surface area contributed by atoms with Gasteiger partial charge in [0, 0.05) is 36.4 Å². The van der Waals surface area contributed by atoms with Crippen molar-refractivity contribution in [3.63, 3.8) is 0 Å². The molecule has 9 nitrogen and oxygen atoms in total. The zero-order valence-corrected chi connectivity index (χ0v) is 19.1. The smallest absolute Gasteiger partial charge is 0.269 e. The number of imidazole rings is 1. The monoisotopic (exact) mass is 477 g/mol. The van der Waals surface area contributed by atoms with E-state index in [-0.39, 0.29) is 49.6 Å². The van der Waals surface area contributed by atoms with Gasteiger partial charge in [0.1, 0.15) is 5.69 Å². The van der Waals surface area contributed by atoms with Crippen LogP contribution in [0.3, 0.4) is 0 Å². The highest BCUT2D eigenvalue weighted by Gasteiger charge is 2.45. The van der Waals surface area contributed by atoms with Gasteiger partial charge in [-0.1, -0.05) is 0 Å². The molecule has 0 saturated heterocycles. The molecule has 0 aliphatic heterocycles. The molecule has 176 valence electrons. The Labute approximate surface area is 193 Å². The molecule has 2 amide bonds. The highest BCUT2D eigenvalue weighted by molar-refractivity contribution is 7.99. The summed E-state index contributed by atoms with van der Waals surface area (Å²) in [5.41, 5.74) is 1.75. The number of nitrogens with one attached hydrogen (secondary N) is 2. The van der Waals surface area contributed by atoms with E-state index < -0.39 is 5.92 Å². The molecule has 3 aromatic heterocycles. The highest BCUT2D eigenvalue weighted by atomic mass is 32.2. The van der Waals surface area contributed by atoms with E-state index in [1.807, 2.05) is 19.9 Å². The fourth-order valence-electron chi connectivity index (χ4n) is 3.70. The summed E-state index contributed by atoms with van der Waals surface area (Å²) >= 11 is 1.37. The number of nitrogens with zero attached hydrogens (tertiary/aromatic N) is 5. The maximum Gasteiger partial charge on any atom is 0.269 e. The van der Waals surface area contributed by atoms with Gasteiger partial charge in [0.15, 0.2) is 5.65 Å². The van der Waals surface area contributed by atoms with Crippen LogP contribution in [0.25, 0.3) is 5.65 Å². The van der Waals surface area contributed by atoms with Crippen LogP contribution in [0.5, 0.6) is 0 Å². The third-order valence-electron chi connectivity index (χ3n) is 5.32. The van der Waals surface area contributed by atoms with Crippen LogP contribution in [0, 0.1) is 5.92 Å². The van der Waals surface area contributed by atoms with Crippen molar-refractivity contribution in [3.8, 4) is 0 Å². The van der Waals surface area contributed by atoms with Crippen LogP contribution in [-0.2, 0) is 11.3 Å². The molecule has 3 aromatic rings. The van der Waals surface area contributed by atoms with E-state index in [1.165, 1.54) is 11.8 Å². The van der Waals surface area contributed by atoms with Crippen molar-refractivity contribution in [2.75, 3.05) is 5.88 Å². The van der Waals surface area contributed by atoms with Crippen LogP contribution in [0.15, 0.2) is 35.6 Å². The Kier molecular flexibility index (Phi) is 6.63. The molecule has 33 heavy (non-hydrogen) atoms. The number of thioether (sulfide) groups is 1. The molecule has 1 aliphatic rings.